The van der Waals surface area contributed by atoms with Crippen LogP contribution in [0.1, 0.15) is 18.0 Å². The van der Waals surface area contributed by atoms with E-state index >= 15 is 0 Å². The van der Waals surface area contributed by atoms with Crippen LogP contribution >= 0.6 is 0 Å². The highest BCUT2D eigenvalue weighted by Crippen LogP contribution is 2.03. The molecule has 0 fully saturated rings. The Kier molecular flexibility index (Phi) is 1.81. The third kappa shape index (κ3) is 1.32. The van der Waals surface area contributed by atoms with Crippen LogP contribution in [-0.4, -0.2) is 23.9 Å². The molecule has 0 spiro atoms. The molecule has 1 aliphatic rings. The lowest BCUT2D eigenvalue weighted by molar-refractivity contribution is 0.521. The van der Waals surface area contributed by atoms with E-state index in [0.29, 0.717) is 5.89 Å². The van der Waals surface area contributed by atoms with E-state index in [9.17, 15) is 0 Å². The summed E-state index contributed by atoms with van der Waals surface area (Å²) in [4.78, 5) is 8.47. The van der Waals surface area contributed by atoms with Crippen LogP contribution in [0, 0.1) is 6.92 Å². The lowest BCUT2D eigenvalue weighted by Crippen LogP contribution is -2.30. The SMILES string of the molecule is Cc1nc(C2=NCCCN2)co1. The zero-order valence-corrected chi connectivity index (χ0v) is 7.00. The van der Waals surface area contributed by atoms with E-state index in [1.807, 2.05) is 6.92 Å². The van der Waals surface area contributed by atoms with Crippen molar-refractivity contribution in [1.82, 2.24) is 10.3 Å². The smallest absolute Gasteiger partial charge is 0.191 e. The topological polar surface area (TPSA) is 50.4 Å². The van der Waals surface area contributed by atoms with Gasteiger partial charge in [0.2, 0.25) is 0 Å². The maximum atomic E-state index is 5.09. The first kappa shape index (κ1) is 7.34. The quantitative estimate of drug-likeness (QED) is 0.667. The van der Waals surface area contributed by atoms with Gasteiger partial charge in [0.15, 0.2) is 11.7 Å². The Morgan fingerprint density at radius 3 is 3.08 bits per heavy atom. The van der Waals surface area contributed by atoms with Gasteiger partial charge in [0.05, 0.1) is 0 Å². The monoisotopic (exact) mass is 165 g/mol. The number of hydrogen-bond donors (Lipinski definition) is 1. The van der Waals surface area contributed by atoms with Crippen LogP contribution in [0.4, 0.5) is 0 Å². The molecule has 0 saturated carbocycles. The Labute approximate surface area is 70.7 Å². The van der Waals surface area contributed by atoms with E-state index in [2.05, 4.69) is 15.3 Å². The minimum absolute atomic E-state index is 0.681. The van der Waals surface area contributed by atoms with E-state index in [1.54, 1.807) is 6.26 Å². The van der Waals surface area contributed by atoms with Gasteiger partial charge in [0.1, 0.15) is 12.0 Å². The van der Waals surface area contributed by atoms with Crippen LogP contribution in [0.15, 0.2) is 15.7 Å². The minimum Gasteiger partial charge on any atom is -0.449 e. The third-order valence-corrected chi connectivity index (χ3v) is 1.76. The molecule has 0 atom stereocenters. The number of rotatable bonds is 1. The molecule has 4 nitrogen and oxygen atoms in total. The number of nitrogens with one attached hydrogen (secondary N) is 1. The second kappa shape index (κ2) is 2.97. The average molecular weight is 165 g/mol. The van der Waals surface area contributed by atoms with Gasteiger partial charge in [0.25, 0.3) is 0 Å². The number of amidine groups is 1. The zero-order chi connectivity index (χ0) is 8.39. The van der Waals surface area contributed by atoms with E-state index in [-0.39, 0.29) is 0 Å². The molecule has 12 heavy (non-hydrogen) atoms. The van der Waals surface area contributed by atoms with Crippen molar-refractivity contribution < 1.29 is 4.42 Å². The van der Waals surface area contributed by atoms with E-state index in [1.165, 1.54) is 0 Å². The minimum atomic E-state index is 0.681. The molecular weight excluding hydrogens is 154 g/mol. The summed E-state index contributed by atoms with van der Waals surface area (Å²) in [5.74, 6) is 1.54. The van der Waals surface area contributed by atoms with Gasteiger partial charge in [-0.3, -0.25) is 4.99 Å². The summed E-state index contributed by atoms with van der Waals surface area (Å²) >= 11 is 0. The molecule has 1 aliphatic heterocycles. The summed E-state index contributed by atoms with van der Waals surface area (Å²) in [7, 11) is 0. The van der Waals surface area contributed by atoms with Crippen molar-refractivity contribution in [2.45, 2.75) is 13.3 Å². The lowest BCUT2D eigenvalue weighted by atomic mass is 10.3. The van der Waals surface area contributed by atoms with Crippen LogP contribution in [0.25, 0.3) is 0 Å². The van der Waals surface area contributed by atoms with Crippen molar-refractivity contribution in [2.24, 2.45) is 4.99 Å². The standard InChI is InChI=1S/C8H11N3O/c1-6-11-7(5-12-6)8-9-3-2-4-10-8/h5H,2-4H2,1H3,(H,9,10). The number of aliphatic imine (C=N–C) groups is 1. The van der Waals surface area contributed by atoms with Gasteiger partial charge in [-0.2, -0.15) is 0 Å². The maximum absolute atomic E-state index is 5.09. The van der Waals surface area contributed by atoms with Crippen LogP contribution in [0.5, 0.6) is 0 Å². The molecule has 0 saturated heterocycles. The van der Waals surface area contributed by atoms with Gasteiger partial charge < -0.3 is 9.73 Å². The second-order valence-electron chi connectivity index (χ2n) is 2.76. The normalized spacial score (nSPS) is 16.9. The molecule has 2 rings (SSSR count). The summed E-state index contributed by atoms with van der Waals surface area (Å²) in [5, 5.41) is 3.18. The average Bonchev–Trinajstić information content (AvgIpc) is 2.54. The second-order valence-corrected chi connectivity index (χ2v) is 2.76. The van der Waals surface area contributed by atoms with Crippen molar-refractivity contribution in [2.75, 3.05) is 13.1 Å². The molecule has 0 bridgehead atoms. The van der Waals surface area contributed by atoms with Gasteiger partial charge in [-0.05, 0) is 6.42 Å². The maximum Gasteiger partial charge on any atom is 0.191 e. The molecule has 2 heterocycles. The van der Waals surface area contributed by atoms with Crippen LogP contribution in [0.3, 0.4) is 0 Å². The van der Waals surface area contributed by atoms with Crippen molar-refractivity contribution in [3.05, 3.63) is 17.8 Å². The molecule has 1 aromatic rings. The molecule has 0 aliphatic carbocycles. The summed E-state index contributed by atoms with van der Waals surface area (Å²) in [6, 6.07) is 0. The number of nitrogens with zero attached hydrogens (tertiary/aromatic N) is 2. The number of aryl methyl sites for hydroxylation is 1. The fourth-order valence-corrected chi connectivity index (χ4v) is 1.18. The van der Waals surface area contributed by atoms with Gasteiger partial charge in [0, 0.05) is 20.0 Å². The largest absolute Gasteiger partial charge is 0.449 e. The van der Waals surface area contributed by atoms with E-state index in [4.69, 9.17) is 4.42 Å². The molecule has 64 valence electrons. The highest BCUT2D eigenvalue weighted by Gasteiger charge is 2.09. The summed E-state index contributed by atoms with van der Waals surface area (Å²) in [6.07, 6.45) is 2.73. The van der Waals surface area contributed by atoms with Crippen molar-refractivity contribution in [3.8, 4) is 0 Å². The molecule has 0 amide bonds. The van der Waals surface area contributed by atoms with E-state index in [0.717, 1.165) is 31.0 Å². The third-order valence-electron chi connectivity index (χ3n) is 1.76. The van der Waals surface area contributed by atoms with Gasteiger partial charge >= 0.3 is 0 Å². The fraction of sp³-hybridized carbons (Fsp3) is 0.500. The van der Waals surface area contributed by atoms with Gasteiger partial charge in [-0.1, -0.05) is 0 Å². The molecule has 1 aromatic heterocycles. The fourth-order valence-electron chi connectivity index (χ4n) is 1.18. The number of hydrogen-bond acceptors (Lipinski definition) is 4. The highest BCUT2D eigenvalue weighted by molar-refractivity contribution is 5.97. The lowest BCUT2D eigenvalue weighted by Gasteiger charge is -2.11. The molecule has 0 unspecified atom stereocenters. The summed E-state index contributed by atoms with van der Waals surface area (Å²) in [6.45, 7) is 3.69. The predicted molar refractivity (Wildman–Crippen MR) is 45.3 cm³/mol. The Morgan fingerprint density at radius 1 is 1.58 bits per heavy atom. The van der Waals surface area contributed by atoms with Crippen molar-refractivity contribution >= 4 is 5.84 Å². The Balaban J connectivity index is 2.23. The summed E-state index contributed by atoms with van der Waals surface area (Å²) < 4.78 is 5.09. The first-order valence-corrected chi connectivity index (χ1v) is 4.07. The number of oxazole rings is 1. The zero-order valence-electron chi connectivity index (χ0n) is 7.00. The highest BCUT2D eigenvalue weighted by atomic mass is 16.3. The van der Waals surface area contributed by atoms with Crippen LogP contribution < -0.4 is 5.32 Å². The first-order chi connectivity index (χ1) is 5.86. The Hall–Kier alpha value is -1.32. The molecule has 4 heteroatoms. The van der Waals surface area contributed by atoms with Crippen LogP contribution in [-0.2, 0) is 0 Å². The number of aromatic nitrogens is 1. The van der Waals surface area contributed by atoms with Crippen LogP contribution in [0.2, 0.25) is 0 Å². The van der Waals surface area contributed by atoms with Gasteiger partial charge in [-0.15, -0.1) is 0 Å². The van der Waals surface area contributed by atoms with Crippen molar-refractivity contribution in [3.63, 3.8) is 0 Å². The molecule has 0 aromatic carbocycles. The van der Waals surface area contributed by atoms with Gasteiger partial charge in [-0.25, -0.2) is 4.98 Å². The van der Waals surface area contributed by atoms with Crippen molar-refractivity contribution in [1.29, 1.82) is 0 Å². The first-order valence-electron chi connectivity index (χ1n) is 4.07. The van der Waals surface area contributed by atoms with E-state index < -0.39 is 0 Å². The Morgan fingerprint density at radius 2 is 2.50 bits per heavy atom. The molecular formula is C8H11N3O. The predicted octanol–water partition coefficient (Wildman–Crippen LogP) is 0.723. The summed E-state index contributed by atoms with van der Waals surface area (Å²) in [5.41, 5.74) is 0.812. The molecule has 0 radical (unpaired) electrons. The Bertz CT molecular complexity index is 303. The molecule has 1 N–H and O–H groups in total.